The van der Waals surface area contributed by atoms with Gasteiger partial charge in [0, 0.05) is 60.6 Å². The number of piperidine rings is 1. The molecule has 3 aromatic rings. The Morgan fingerprint density at radius 2 is 1.85 bits per heavy atom. The van der Waals surface area contributed by atoms with Crippen molar-refractivity contribution < 1.29 is 14.6 Å². The van der Waals surface area contributed by atoms with E-state index >= 15 is 0 Å². The van der Waals surface area contributed by atoms with Gasteiger partial charge < -0.3 is 14.7 Å². The number of benzene rings is 1. The average Bonchev–Trinajstić information content (AvgIpc) is 3.39. The molecular weight excluding hydrogens is 532 g/mol. The first-order valence-corrected chi connectivity index (χ1v) is 15.6. The predicted octanol–water partition coefficient (Wildman–Crippen LogP) is 6.95. The topological polar surface area (TPSA) is 78.8 Å². The number of carboxylic acids is 1. The van der Waals surface area contributed by atoms with Gasteiger partial charge in [-0.25, -0.2) is 9.78 Å². The molecule has 2 aliphatic rings. The van der Waals surface area contributed by atoms with E-state index in [-0.39, 0.29) is 5.41 Å². The van der Waals surface area contributed by atoms with Crippen LogP contribution in [-0.2, 0) is 29.0 Å². The summed E-state index contributed by atoms with van der Waals surface area (Å²) in [6.45, 7) is 18.8. The zero-order valence-electron chi connectivity index (χ0n) is 25.6. The number of thiazole rings is 1. The number of hydrogen-bond acceptors (Lipinski definition) is 7. The van der Waals surface area contributed by atoms with Gasteiger partial charge in [0.15, 0.2) is 6.10 Å². The first kappa shape index (κ1) is 29.7. The van der Waals surface area contributed by atoms with Crippen LogP contribution in [-0.4, -0.2) is 51.2 Å². The number of aryl methyl sites for hydroxylation is 2. The van der Waals surface area contributed by atoms with Crippen LogP contribution in [0.25, 0.3) is 11.1 Å². The van der Waals surface area contributed by atoms with E-state index in [2.05, 4.69) is 59.1 Å². The summed E-state index contributed by atoms with van der Waals surface area (Å²) in [6.07, 6.45) is 1.95. The van der Waals surface area contributed by atoms with E-state index < -0.39 is 17.7 Å². The van der Waals surface area contributed by atoms with E-state index in [1.54, 1.807) is 11.3 Å². The summed E-state index contributed by atoms with van der Waals surface area (Å²) in [6, 6.07) is 6.77. The molecule has 0 radical (unpaired) electrons. The maximum absolute atomic E-state index is 12.8. The molecule has 7 nitrogen and oxygen atoms in total. The predicted molar refractivity (Wildman–Crippen MR) is 166 cm³/mol. The monoisotopic (exact) mass is 576 g/mol. The molecule has 0 amide bonds. The molecule has 41 heavy (non-hydrogen) atoms. The lowest BCUT2D eigenvalue weighted by Crippen LogP contribution is -2.39. The summed E-state index contributed by atoms with van der Waals surface area (Å²) < 4.78 is 6.24. The highest BCUT2D eigenvalue weighted by Crippen LogP contribution is 2.45. The lowest BCUT2D eigenvalue weighted by molar-refractivity contribution is -0.160. The lowest BCUT2D eigenvalue weighted by Gasteiger charge is -2.41. The third kappa shape index (κ3) is 6.65. The Morgan fingerprint density at radius 1 is 1.12 bits per heavy atom. The molecule has 5 rings (SSSR count). The summed E-state index contributed by atoms with van der Waals surface area (Å²) >= 11 is 1.64. The molecule has 8 heteroatoms. The second-order valence-electron chi connectivity index (χ2n) is 13.4. The molecule has 1 atom stereocenters. The lowest BCUT2D eigenvalue weighted by atomic mass is 9.81. The number of pyridine rings is 1. The molecule has 1 saturated heterocycles. The number of nitrogens with zero attached hydrogens (tertiary/aromatic N) is 4. The fourth-order valence-electron chi connectivity index (χ4n) is 6.20. The van der Waals surface area contributed by atoms with E-state index in [0.717, 1.165) is 85.9 Å². The highest BCUT2D eigenvalue weighted by molar-refractivity contribution is 7.07. The minimum Gasteiger partial charge on any atom is -0.479 e. The van der Waals surface area contributed by atoms with Crippen LogP contribution in [0, 0.1) is 19.3 Å². The van der Waals surface area contributed by atoms with Gasteiger partial charge in [-0.15, -0.1) is 11.3 Å². The molecule has 0 saturated carbocycles. The van der Waals surface area contributed by atoms with E-state index in [4.69, 9.17) is 9.72 Å². The number of ether oxygens (including phenoxy) is 1. The van der Waals surface area contributed by atoms with E-state index in [9.17, 15) is 9.90 Å². The maximum atomic E-state index is 12.8. The Labute approximate surface area is 248 Å². The summed E-state index contributed by atoms with van der Waals surface area (Å²) in [4.78, 5) is 27.0. The minimum atomic E-state index is -1.11. The van der Waals surface area contributed by atoms with Crippen molar-refractivity contribution in [2.75, 3.05) is 24.5 Å². The molecule has 2 aromatic heterocycles. The molecule has 220 valence electrons. The van der Waals surface area contributed by atoms with E-state index in [1.165, 1.54) is 11.1 Å². The summed E-state index contributed by atoms with van der Waals surface area (Å²) in [7, 11) is 0. The second kappa shape index (κ2) is 11.5. The zero-order chi connectivity index (χ0) is 29.5. The van der Waals surface area contributed by atoms with Crippen molar-refractivity contribution in [2.24, 2.45) is 5.41 Å². The zero-order valence-corrected chi connectivity index (χ0v) is 26.4. The Bertz CT molecular complexity index is 1400. The van der Waals surface area contributed by atoms with Crippen LogP contribution >= 0.6 is 11.3 Å². The molecule has 1 aromatic carbocycles. The summed E-state index contributed by atoms with van der Waals surface area (Å²) in [5, 5.41) is 12.6. The highest BCUT2D eigenvalue weighted by Gasteiger charge is 2.36. The van der Waals surface area contributed by atoms with Crippen molar-refractivity contribution in [3.63, 3.8) is 0 Å². The van der Waals surface area contributed by atoms with E-state index in [1.807, 2.05) is 33.2 Å². The van der Waals surface area contributed by atoms with Gasteiger partial charge in [0.05, 0.1) is 22.5 Å². The molecule has 4 heterocycles. The third-order valence-electron chi connectivity index (χ3n) is 8.43. The van der Waals surface area contributed by atoms with Crippen LogP contribution in [0.1, 0.15) is 87.3 Å². The number of carbonyl (C=O) groups is 1. The van der Waals surface area contributed by atoms with Crippen molar-refractivity contribution in [3.05, 3.63) is 62.9 Å². The number of anilines is 1. The fraction of sp³-hybridized carbons (Fsp3) is 0.545. The number of hydrogen-bond donors (Lipinski definition) is 1. The normalized spacial score (nSPS) is 18.3. The van der Waals surface area contributed by atoms with Gasteiger partial charge in [-0.2, -0.15) is 0 Å². The first-order valence-electron chi connectivity index (χ1n) is 14.7. The molecule has 0 spiro atoms. The average molecular weight is 577 g/mol. The standard InChI is InChI=1S/C33H44N4O3S/c1-21-27(24-8-9-25-17-36(13-10-23(25)16-24)18-26-19-41-20-34-26)29(37-14-11-33(6,7)12-15-37)28(22(2)35-21)30(31(38)39)40-32(3,4)5/h8-9,16,19-20,30H,10-15,17-18H2,1-7H3,(H,38,39). The second-order valence-corrected chi connectivity index (χ2v) is 14.2. The fourth-order valence-corrected chi connectivity index (χ4v) is 6.75. The Hall–Kier alpha value is -2.81. The number of rotatable bonds is 7. The molecule has 1 unspecified atom stereocenters. The van der Waals surface area contributed by atoms with Crippen LogP contribution < -0.4 is 4.90 Å². The smallest absolute Gasteiger partial charge is 0.337 e. The van der Waals surface area contributed by atoms with Crippen LogP contribution in [0.4, 0.5) is 5.69 Å². The van der Waals surface area contributed by atoms with E-state index in [0.29, 0.717) is 5.56 Å². The largest absolute Gasteiger partial charge is 0.479 e. The Balaban J connectivity index is 1.60. The van der Waals surface area contributed by atoms with Crippen molar-refractivity contribution in [3.8, 4) is 11.1 Å². The molecule has 1 N–H and O–H groups in total. The van der Waals surface area contributed by atoms with Gasteiger partial charge in [0.2, 0.25) is 0 Å². The van der Waals surface area contributed by atoms with Crippen molar-refractivity contribution in [2.45, 2.75) is 92.5 Å². The van der Waals surface area contributed by atoms with Gasteiger partial charge in [-0.1, -0.05) is 32.0 Å². The van der Waals surface area contributed by atoms with Gasteiger partial charge in [0.25, 0.3) is 0 Å². The Morgan fingerprint density at radius 3 is 2.49 bits per heavy atom. The first-order chi connectivity index (χ1) is 19.3. The molecular formula is C33H44N4O3S. The maximum Gasteiger partial charge on any atom is 0.337 e. The Kier molecular flexibility index (Phi) is 8.30. The van der Waals surface area contributed by atoms with Gasteiger partial charge in [0.1, 0.15) is 0 Å². The molecule has 1 fully saturated rings. The van der Waals surface area contributed by atoms with Crippen LogP contribution in [0.5, 0.6) is 0 Å². The van der Waals surface area contributed by atoms with Gasteiger partial charge in [-0.3, -0.25) is 9.88 Å². The summed E-state index contributed by atoms with van der Waals surface area (Å²) in [5.41, 5.74) is 10.8. The summed E-state index contributed by atoms with van der Waals surface area (Å²) in [5.74, 6) is -0.983. The number of fused-ring (bicyclic) bond motifs is 1. The quantitative estimate of drug-likeness (QED) is 0.326. The molecule has 2 aliphatic heterocycles. The third-order valence-corrected chi connectivity index (χ3v) is 9.06. The van der Waals surface area contributed by atoms with Crippen LogP contribution in [0.2, 0.25) is 0 Å². The number of aliphatic carboxylic acids is 1. The highest BCUT2D eigenvalue weighted by atomic mass is 32.1. The van der Waals surface area contributed by atoms with Crippen molar-refractivity contribution in [1.82, 2.24) is 14.9 Å². The minimum absolute atomic E-state index is 0.262. The number of carboxylic acid groups (broad SMARTS) is 1. The van der Waals surface area contributed by atoms with Gasteiger partial charge in [-0.05, 0) is 76.0 Å². The number of aromatic nitrogens is 2. The van der Waals surface area contributed by atoms with Crippen molar-refractivity contribution >= 4 is 23.0 Å². The molecule has 0 bridgehead atoms. The SMILES string of the molecule is Cc1nc(C)c(C(OC(C)(C)C)C(=O)O)c(N2CCC(C)(C)CC2)c1-c1ccc2c(c1)CCN(Cc1cscn1)C2. The van der Waals surface area contributed by atoms with Gasteiger partial charge >= 0.3 is 5.97 Å². The molecule has 0 aliphatic carbocycles. The van der Waals surface area contributed by atoms with Crippen LogP contribution in [0.15, 0.2) is 29.1 Å². The van der Waals surface area contributed by atoms with Crippen LogP contribution in [0.3, 0.4) is 0 Å². The van der Waals surface area contributed by atoms with Crippen molar-refractivity contribution in [1.29, 1.82) is 0 Å².